The van der Waals surface area contributed by atoms with Crippen LogP contribution in [0.3, 0.4) is 0 Å². The van der Waals surface area contributed by atoms with Gasteiger partial charge in [-0.1, -0.05) is 23.7 Å². The molecule has 1 aromatic heterocycles. The number of nitrogens with zero attached hydrogens (tertiary/aromatic N) is 2. The Bertz CT molecular complexity index is 632. The fraction of sp³-hybridized carbons (Fsp3) is 0.471. The first-order chi connectivity index (χ1) is 11.2. The average molecular weight is 336 g/mol. The van der Waals surface area contributed by atoms with Crippen LogP contribution in [0.15, 0.2) is 36.7 Å². The van der Waals surface area contributed by atoms with E-state index in [1.165, 1.54) is 0 Å². The van der Waals surface area contributed by atoms with Crippen LogP contribution in [0, 0.1) is 5.92 Å². The van der Waals surface area contributed by atoms with E-state index in [9.17, 15) is 0 Å². The summed E-state index contributed by atoms with van der Waals surface area (Å²) in [6.45, 7) is 3.09. The van der Waals surface area contributed by atoms with E-state index in [0.29, 0.717) is 17.5 Å². The molecule has 0 amide bonds. The molecule has 3 rings (SSSR count). The molecule has 124 valence electrons. The molecular weight excluding hydrogens is 314 g/mol. The monoisotopic (exact) mass is 335 g/mol. The molecule has 0 bridgehead atoms. The van der Waals surface area contributed by atoms with E-state index in [0.717, 1.165) is 37.4 Å². The van der Waals surface area contributed by atoms with Crippen LogP contribution < -0.4 is 10.1 Å². The van der Waals surface area contributed by atoms with Gasteiger partial charge in [0.25, 0.3) is 0 Å². The normalized spacial score (nSPS) is 20.8. The topological polar surface area (TPSA) is 48.3 Å². The molecule has 23 heavy (non-hydrogen) atoms. The average Bonchev–Trinajstić information content (AvgIpc) is 3.17. The standard InChI is InChI=1S/C17H22ClN3O2/c1-21-12-14(11-20-21)17-13(6-8-23-17)10-19-7-9-22-16-5-3-2-4-15(16)18/h2-5,11-13,17,19H,6-10H2,1H3/t13-,17+/m1/s1. The van der Waals surface area contributed by atoms with Crippen LogP contribution in [0.4, 0.5) is 0 Å². The molecule has 0 spiro atoms. The third kappa shape index (κ3) is 4.25. The number of hydrogen-bond acceptors (Lipinski definition) is 4. The predicted molar refractivity (Wildman–Crippen MR) is 89.8 cm³/mol. The van der Waals surface area contributed by atoms with Crippen molar-refractivity contribution in [3.05, 3.63) is 47.2 Å². The second-order valence-corrected chi connectivity index (χ2v) is 6.18. The molecule has 6 heteroatoms. The summed E-state index contributed by atoms with van der Waals surface area (Å²) in [6.07, 6.45) is 5.13. The molecule has 0 saturated carbocycles. The zero-order valence-corrected chi connectivity index (χ0v) is 14.0. The Morgan fingerprint density at radius 3 is 3.09 bits per heavy atom. The Balaban J connectivity index is 1.41. The lowest BCUT2D eigenvalue weighted by atomic mass is 9.97. The molecule has 0 unspecified atom stereocenters. The highest BCUT2D eigenvalue weighted by Gasteiger charge is 2.30. The highest BCUT2D eigenvalue weighted by molar-refractivity contribution is 6.32. The second-order valence-electron chi connectivity index (χ2n) is 5.77. The molecule has 1 N–H and O–H groups in total. The van der Waals surface area contributed by atoms with Gasteiger partial charge in [-0.2, -0.15) is 5.10 Å². The van der Waals surface area contributed by atoms with E-state index >= 15 is 0 Å². The van der Waals surface area contributed by atoms with Gasteiger partial charge < -0.3 is 14.8 Å². The largest absolute Gasteiger partial charge is 0.491 e. The molecule has 0 aliphatic carbocycles. The third-order valence-corrected chi connectivity index (χ3v) is 4.36. The van der Waals surface area contributed by atoms with Gasteiger partial charge in [-0.3, -0.25) is 4.68 Å². The van der Waals surface area contributed by atoms with Crippen LogP contribution in [-0.4, -0.2) is 36.1 Å². The third-order valence-electron chi connectivity index (χ3n) is 4.05. The van der Waals surface area contributed by atoms with Gasteiger partial charge in [0.2, 0.25) is 0 Å². The summed E-state index contributed by atoms with van der Waals surface area (Å²) in [5, 5.41) is 8.33. The lowest BCUT2D eigenvalue weighted by molar-refractivity contribution is 0.0902. The number of hydrogen-bond donors (Lipinski definition) is 1. The summed E-state index contributed by atoms with van der Waals surface area (Å²) in [5.74, 6) is 1.20. The van der Waals surface area contributed by atoms with Gasteiger partial charge in [0.15, 0.2) is 0 Å². The molecule has 1 aliphatic rings. The van der Waals surface area contributed by atoms with E-state index in [4.69, 9.17) is 21.1 Å². The minimum Gasteiger partial charge on any atom is -0.491 e. The molecule has 0 radical (unpaired) electrons. The minimum absolute atomic E-state index is 0.140. The first-order valence-corrected chi connectivity index (χ1v) is 8.30. The number of aromatic nitrogens is 2. The molecule has 1 fully saturated rings. The SMILES string of the molecule is Cn1cc([C@H]2OCC[C@@H]2CNCCOc2ccccc2Cl)cn1. The van der Waals surface area contributed by atoms with Crippen molar-refractivity contribution in [3.63, 3.8) is 0 Å². The van der Waals surface area contributed by atoms with Crippen molar-refractivity contribution in [2.45, 2.75) is 12.5 Å². The number of para-hydroxylation sites is 1. The Morgan fingerprint density at radius 2 is 2.30 bits per heavy atom. The zero-order chi connectivity index (χ0) is 16.1. The first kappa shape index (κ1) is 16.3. The van der Waals surface area contributed by atoms with Gasteiger partial charge >= 0.3 is 0 Å². The summed E-state index contributed by atoms with van der Waals surface area (Å²) < 4.78 is 13.4. The van der Waals surface area contributed by atoms with Crippen LogP contribution in [-0.2, 0) is 11.8 Å². The summed E-state index contributed by atoms with van der Waals surface area (Å²) >= 11 is 6.06. The van der Waals surface area contributed by atoms with Crippen LogP contribution in [0.25, 0.3) is 0 Å². The lowest BCUT2D eigenvalue weighted by Crippen LogP contribution is -2.28. The van der Waals surface area contributed by atoms with Crippen molar-refractivity contribution in [1.82, 2.24) is 15.1 Å². The maximum absolute atomic E-state index is 6.06. The Labute approximate surface area is 141 Å². The number of halogens is 1. The minimum atomic E-state index is 0.140. The zero-order valence-electron chi connectivity index (χ0n) is 13.2. The quantitative estimate of drug-likeness (QED) is 0.790. The van der Waals surface area contributed by atoms with E-state index in [1.807, 2.05) is 48.4 Å². The van der Waals surface area contributed by atoms with Gasteiger partial charge in [0.1, 0.15) is 12.4 Å². The van der Waals surface area contributed by atoms with E-state index in [1.54, 1.807) is 0 Å². The number of rotatable bonds is 7. The van der Waals surface area contributed by atoms with Crippen LogP contribution >= 0.6 is 11.6 Å². The molecule has 1 aromatic carbocycles. The molecule has 2 heterocycles. The maximum atomic E-state index is 6.06. The van der Waals surface area contributed by atoms with Gasteiger partial charge in [-0.25, -0.2) is 0 Å². The Morgan fingerprint density at radius 1 is 1.43 bits per heavy atom. The maximum Gasteiger partial charge on any atom is 0.137 e. The van der Waals surface area contributed by atoms with Crippen LogP contribution in [0.1, 0.15) is 18.1 Å². The van der Waals surface area contributed by atoms with Gasteiger partial charge in [0, 0.05) is 44.4 Å². The van der Waals surface area contributed by atoms with Crippen molar-refractivity contribution in [3.8, 4) is 5.75 Å². The first-order valence-electron chi connectivity index (χ1n) is 7.92. The second kappa shape index (κ2) is 7.81. The smallest absolute Gasteiger partial charge is 0.137 e. The fourth-order valence-electron chi connectivity index (χ4n) is 2.88. The molecule has 2 aromatic rings. The molecular formula is C17H22ClN3O2. The Kier molecular flexibility index (Phi) is 5.54. The van der Waals surface area contributed by atoms with Gasteiger partial charge in [-0.05, 0) is 18.6 Å². The van der Waals surface area contributed by atoms with Gasteiger partial charge in [0.05, 0.1) is 17.3 Å². The molecule has 1 saturated heterocycles. The van der Waals surface area contributed by atoms with E-state index in [-0.39, 0.29) is 6.10 Å². The van der Waals surface area contributed by atoms with Crippen molar-refractivity contribution in [2.24, 2.45) is 13.0 Å². The van der Waals surface area contributed by atoms with Crippen molar-refractivity contribution < 1.29 is 9.47 Å². The van der Waals surface area contributed by atoms with E-state index < -0.39 is 0 Å². The summed E-state index contributed by atoms with van der Waals surface area (Å²) in [4.78, 5) is 0. The molecule has 1 aliphatic heterocycles. The van der Waals surface area contributed by atoms with Crippen molar-refractivity contribution in [1.29, 1.82) is 0 Å². The lowest BCUT2D eigenvalue weighted by Gasteiger charge is -2.18. The number of ether oxygens (including phenoxy) is 2. The Hall–Kier alpha value is -1.56. The molecule has 2 atom stereocenters. The van der Waals surface area contributed by atoms with Crippen LogP contribution in [0.2, 0.25) is 5.02 Å². The molecule has 5 nitrogen and oxygen atoms in total. The summed E-state index contributed by atoms with van der Waals surface area (Å²) in [5.41, 5.74) is 1.16. The number of nitrogens with one attached hydrogen (secondary N) is 1. The highest BCUT2D eigenvalue weighted by Crippen LogP contribution is 2.33. The summed E-state index contributed by atoms with van der Waals surface area (Å²) in [7, 11) is 1.93. The number of benzene rings is 1. The van der Waals surface area contributed by atoms with Crippen molar-refractivity contribution in [2.75, 3.05) is 26.3 Å². The van der Waals surface area contributed by atoms with Crippen LogP contribution in [0.5, 0.6) is 5.75 Å². The van der Waals surface area contributed by atoms with Gasteiger partial charge in [-0.15, -0.1) is 0 Å². The fourth-order valence-corrected chi connectivity index (χ4v) is 3.07. The van der Waals surface area contributed by atoms with E-state index in [2.05, 4.69) is 10.4 Å². The predicted octanol–water partition coefficient (Wildman–Crippen LogP) is 2.82. The summed E-state index contributed by atoms with van der Waals surface area (Å²) in [6, 6.07) is 7.53. The highest BCUT2D eigenvalue weighted by atomic mass is 35.5. The van der Waals surface area contributed by atoms with Crippen molar-refractivity contribution >= 4 is 11.6 Å². The number of aryl methyl sites for hydroxylation is 1.